The molecule has 0 spiro atoms. The van der Waals surface area contributed by atoms with Crippen molar-refractivity contribution in [1.82, 2.24) is 0 Å². The Morgan fingerprint density at radius 3 is 2.80 bits per heavy atom. The number of quaternary nitrogens is 1. The van der Waals surface area contributed by atoms with Crippen molar-refractivity contribution in [3.8, 4) is 0 Å². The molecule has 1 amide bonds. The number of nitrogens with one attached hydrogen (secondary N) is 2. The van der Waals surface area contributed by atoms with Crippen LogP contribution in [0.1, 0.15) is 16.2 Å². The molecule has 2 aromatic heterocycles. The van der Waals surface area contributed by atoms with E-state index in [0.717, 1.165) is 28.5 Å². The second-order valence-corrected chi connectivity index (χ2v) is 7.34. The molecule has 1 aromatic carbocycles. The quantitative estimate of drug-likeness (QED) is 0.663. The fraction of sp³-hybridized carbons (Fsp3) is 0.211. The molecule has 0 radical (unpaired) electrons. The van der Waals surface area contributed by atoms with Crippen molar-refractivity contribution in [3.63, 3.8) is 0 Å². The van der Waals surface area contributed by atoms with E-state index in [1.165, 1.54) is 4.88 Å². The minimum atomic E-state index is -0.0384. The van der Waals surface area contributed by atoms with Crippen LogP contribution in [-0.4, -0.2) is 12.5 Å². The molecule has 6 heteroatoms. The van der Waals surface area contributed by atoms with Crippen molar-refractivity contribution < 1.29 is 14.1 Å². The molecule has 0 aliphatic carbocycles. The summed E-state index contributed by atoms with van der Waals surface area (Å²) in [5.41, 5.74) is 1.63. The maximum atomic E-state index is 12.5. The predicted octanol–water partition coefficient (Wildman–Crippen LogP) is 3.53. The standard InChI is InChI=1S/C19H19ClN2O2S/c1-14-17(20)7-2-8-18(14)21-19(23)13-22(11-15-5-3-9-24-15)12-16-6-4-10-25-16/h2-10H,11-13H2,1H3,(H,21,23)/p+1. The van der Waals surface area contributed by atoms with Gasteiger partial charge in [0, 0.05) is 10.7 Å². The van der Waals surface area contributed by atoms with Gasteiger partial charge in [0.2, 0.25) is 0 Å². The van der Waals surface area contributed by atoms with E-state index in [9.17, 15) is 4.79 Å². The van der Waals surface area contributed by atoms with Gasteiger partial charge in [-0.05, 0) is 48.2 Å². The van der Waals surface area contributed by atoms with Gasteiger partial charge in [0.1, 0.15) is 13.1 Å². The van der Waals surface area contributed by atoms with Gasteiger partial charge in [0.15, 0.2) is 12.3 Å². The van der Waals surface area contributed by atoms with Crippen LogP contribution in [0.15, 0.2) is 58.5 Å². The van der Waals surface area contributed by atoms with Gasteiger partial charge in [-0.25, -0.2) is 0 Å². The number of carbonyl (C=O) groups excluding carboxylic acids is 1. The van der Waals surface area contributed by atoms with Crippen LogP contribution in [0.2, 0.25) is 5.02 Å². The number of hydrogen-bond acceptors (Lipinski definition) is 3. The minimum absolute atomic E-state index is 0.0384. The number of thiophene rings is 1. The van der Waals surface area contributed by atoms with Crippen LogP contribution in [0.4, 0.5) is 5.69 Å². The van der Waals surface area contributed by atoms with Gasteiger partial charge in [-0.1, -0.05) is 23.7 Å². The van der Waals surface area contributed by atoms with E-state index in [1.54, 1.807) is 17.6 Å². The lowest BCUT2D eigenvalue weighted by molar-refractivity contribution is -0.920. The normalized spacial score (nSPS) is 12.1. The van der Waals surface area contributed by atoms with E-state index in [0.29, 0.717) is 18.1 Å². The molecule has 0 bridgehead atoms. The van der Waals surface area contributed by atoms with Crippen LogP contribution in [-0.2, 0) is 17.9 Å². The highest BCUT2D eigenvalue weighted by Gasteiger charge is 2.18. The van der Waals surface area contributed by atoms with E-state index in [4.69, 9.17) is 16.0 Å². The van der Waals surface area contributed by atoms with Crippen molar-refractivity contribution in [2.75, 3.05) is 11.9 Å². The van der Waals surface area contributed by atoms with E-state index in [1.807, 2.05) is 43.3 Å². The third kappa shape index (κ3) is 4.95. The third-order valence-corrected chi connectivity index (χ3v) is 5.25. The van der Waals surface area contributed by atoms with Crippen molar-refractivity contribution in [2.45, 2.75) is 20.0 Å². The molecule has 0 fully saturated rings. The summed E-state index contributed by atoms with van der Waals surface area (Å²) in [7, 11) is 0. The molecule has 0 aliphatic heterocycles. The molecule has 25 heavy (non-hydrogen) atoms. The van der Waals surface area contributed by atoms with Crippen molar-refractivity contribution >= 4 is 34.5 Å². The Hall–Kier alpha value is -2.08. The summed E-state index contributed by atoms with van der Waals surface area (Å²) >= 11 is 7.82. The van der Waals surface area contributed by atoms with Gasteiger partial charge in [-0.2, -0.15) is 0 Å². The van der Waals surface area contributed by atoms with Crippen molar-refractivity contribution in [3.05, 3.63) is 75.3 Å². The lowest BCUT2D eigenvalue weighted by atomic mass is 10.2. The highest BCUT2D eigenvalue weighted by molar-refractivity contribution is 7.09. The summed E-state index contributed by atoms with van der Waals surface area (Å²) in [6, 6.07) is 13.4. The number of furan rings is 1. The molecular formula is C19H20ClN2O2S+. The third-order valence-electron chi connectivity index (χ3n) is 3.96. The zero-order valence-corrected chi connectivity index (χ0v) is 15.5. The van der Waals surface area contributed by atoms with Crippen LogP contribution in [0.5, 0.6) is 0 Å². The van der Waals surface area contributed by atoms with Crippen LogP contribution in [0.25, 0.3) is 0 Å². The van der Waals surface area contributed by atoms with Crippen molar-refractivity contribution in [1.29, 1.82) is 0 Å². The van der Waals surface area contributed by atoms with Crippen molar-refractivity contribution in [2.24, 2.45) is 0 Å². The topological polar surface area (TPSA) is 46.7 Å². The van der Waals surface area contributed by atoms with Gasteiger partial charge in [-0.3, -0.25) is 4.79 Å². The van der Waals surface area contributed by atoms with E-state index in [2.05, 4.69) is 16.8 Å². The van der Waals surface area contributed by atoms with Gasteiger partial charge in [-0.15, -0.1) is 11.3 Å². The Balaban J connectivity index is 1.68. The number of anilines is 1. The predicted molar refractivity (Wildman–Crippen MR) is 101 cm³/mol. The second-order valence-electron chi connectivity index (χ2n) is 5.90. The maximum Gasteiger partial charge on any atom is 0.279 e. The van der Waals surface area contributed by atoms with Gasteiger partial charge in [0.25, 0.3) is 5.91 Å². The maximum absolute atomic E-state index is 12.5. The first-order valence-electron chi connectivity index (χ1n) is 8.05. The zero-order valence-electron chi connectivity index (χ0n) is 13.9. The molecule has 130 valence electrons. The Labute approximate surface area is 156 Å². The Morgan fingerprint density at radius 1 is 1.20 bits per heavy atom. The van der Waals surface area contributed by atoms with Gasteiger partial charge >= 0.3 is 0 Å². The van der Waals surface area contributed by atoms with Gasteiger partial charge < -0.3 is 14.6 Å². The number of halogens is 1. The summed E-state index contributed by atoms with van der Waals surface area (Å²) in [5.74, 6) is 0.835. The monoisotopic (exact) mass is 375 g/mol. The Bertz CT molecular complexity index is 780. The summed E-state index contributed by atoms with van der Waals surface area (Å²) in [6.07, 6.45) is 1.66. The minimum Gasteiger partial charge on any atom is -0.463 e. The van der Waals surface area contributed by atoms with E-state index < -0.39 is 0 Å². The number of benzene rings is 1. The first-order valence-corrected chi connectivity index (χ1v) is 9.31. The lowest BCUT2D eigenvalue weighted by Crippen LogP contribution is -3.10. The summed E-state index contributed by atoms with van der Waals surface area (Å²) < 4.78 is 5.45. The smallest absolute Gasteiger partial charge is 0.279 e. The molecule has 2 heterocycles. The molecule has 1 atom stereocenters. The molecule has 3 rings (SSSR count). The largest absolute Gasteiger partial charge is 0.463 e. The number of rotatable bonds is 7. The summed E-state index contributed by atoms with van der Waals surface area (Å²) in [6.45, 7) is 3.69. The molecule has 0 saturated heterocycles. The summed E-state index contributed by atoms with van der Waals surface area (Å²) in [4.78, 5) is 14.9. The average Bonchev–Trinajstić information content (AvgIpc) is 3.26. The second kappa shape index (κ2) is 8.34. The van der Waals surface area contributed by atoms with E-state index in [-0.39, 0.29) is 5.91 Å². The molecule has 2 N–H and O–H groups in total. The Morgan fingerprint density at radius 2 is 2.08 bits per heavy atom. The van der Waals surface area contributed by atoms with Crippen LogP contribution < -0.4 is 10.2 Å². The fourth-order valence-corrected chi connectivity index (χ4v) is 3.62. The highest BCUT2D eigenvalue weighted by Crippen LogP contribution is 2.22. The average molecular weight is 376 g/mol. The Kier molecular flexibility index (Phi) is 5.91. The van der Waals surface area contributed by atoms with E-state index >= 15 is 0 Å². The fourth-order valence-electron chi connectivity index (χ4n) is 2.67. The SMILES string of the molecule is Cc1c(Cl)cccc1NC(=O)C[NH+](Cc1ccco1)Cc1cccs1. The van der Waals surface area contributed by atoms with Crippen LogP contribution in [0, 0.1) is 6.92 Å². The number of hydrogen-bond donors (Lipinski definition) is 2. The van der Waals surface area contributed by atoms with Crippen LogP contribution >= 0.6 is 22.9 Å². The van der Waals surface area contributed by atoms with Gasteiger partial charge in [0.05, 0.1) is 11.1 Å². The first kappa shape index (κ1) is 17.7. The zero-order chi connectivity index (χ0) is 17.6. The molecule has 3 aromatic rings. The molecule has 0 aliphatic rings. The van der Waals surface area contributed by atoms with Crippen LogP contribution in [0.3, 0.4) is 0 Å². The molecule has 1 unspecified atom stereocenters. The number of carbonyl (C=O) groups is 1. The first-order chi connectivity index (χ1) is 12.1. The molecule has 4 nitrogen and oxygen atoms in total. The lowest BCUT2D eigenvalue weighted by Gasteiger charge is -2.18. The molecular weight excluding hydrogens is 356 g/mol. The molecule has 0 saturated carbocycles. The highest BCUT2D eigenvalue weighted by atomic mass is 35.5. The number of amides is 1. The summed E-state index contributed by atoms with van der Waals surface area (Å²) in [5, 5.41) is 5.67.